The molecule has 0 spiro atoms. The molecule has 0 aliphatic heterocycles. The fraction of sp³-hybridized carbons (Fsp3) is 0.750. The minimum absolute atomic E-state index is 0.0766. The van der Waals surface area contributed by atoms with Crippen LogP contribution in [0.1, 0.15) is 0 Å². The van der Waals surface area contributed by atoms with Gasteiger partial charge >= 0.3 is 0 Å². The van der Waals surface area contributed by atoms with Gasteiger partial charge in [0.1, 0.15) is 0 Å². The Bertz CT molecular complexity index is 230. The van der Waals surface area contributed by atoms with Crippen molar-refractivity contribution >= 4 is 37.1 Å². The van der Waals surface area contributed by atoms with E-state index in [1.807, 2.05) is 0 Å². The maximum absolute atomic E-state index is 11.2. The van der Waals surface area contributed by atoms with Crippen molar-refractivity contribution in [1.29, 1.82) is 0 Å². The first-order chi connectivity index (χ1) is 8.02. The van der Waals surface area contributed by atoms with Gasteiger partial charge in [0, 0.05) is 13.1 Å². The molecule has 9 heteroatoms. The molecule has 17 heavy (non-hydrogen) atoms. The highest BCUT2D eigenvalue weighted by Crippen LogP contribution is 2.06. The normalized spacial score (nSPS) is 13.9. The van der Waals surface area contributed by atoms with Crippen molar-refractivity contribution in [3.05, 3.63) is 0 Å². The van der Waals surface area contributed by atoms with Crippen LogP contribution in [0.15, 0.2) is 0 Å². The van der Waals surface area contributed by atoms with Crippen molar-refractivity contribution < 1.29 is 24.5 Å². The molecule has 2 atom stereocenters. The number of carbonyl (C=O) groups is 2. The van der Waals surface area contributed by atoms with E-state index in [0.29, 0.717) is 0 Å². The van der Waals surface area contributed by atoms with E-state index < -0.39 is 22.7 Å². The van der Waals surface area contributed by atoms with Gasteiger partial charge in [-0.2, -0.15) is 0 Å². The van der Waals surface area contributed by atoms with Crippen molar-refractivity contribution in [3.63, 3.8) is 0 Å². The average molecular weight is 284 g/mol. The molecule has 2 amide bonds. The van der Waals surface area contributed by atoms with Crippen molar-refractivity contribution in [1.82, 2.24) is 10.6 Å². The predicted octanol–water partition coefficient (Wildman–Crippen LogP) is -2.27. The summed E-state index contributed by atoms with van der Waals surface area (Å²) in [6.45, 7) is -0.249. The van der Waals surface area contributed by atoms with Gasteiger partial charge in [0.2, 0.25) is 0 Å². The predicted molar refractivity (Wildman–Crippen MR) is 66.8 cm³/mol. The number of hydrogen-bond donors (Lipinski definition) is 6. The first kappa shape index (κ1) is 16.5. The molecule has 2 unspecified atom stereocenters. The molecule has 0 aliphatic rings. The molecule has 0 aromatic carbocycles. The highest BCUT2D eigenvalue weighted by molar-refractivity contribution is 7.82. The molecule has 0 rings (SSSR count). The van der Waals surface area contributed by atoms with Crippen molar-refractivity contribution in [2.24, 2.45) is 0 Å². The van der Waals surface area contributed by atoms with Gasteiger partial charge in [0.05, 0.1) is 13.2 Å². The molecule has 0 saturated heterocycles. The summed E-state index contributed by atoms with van der Waals surface area (Å²) < 4.78 is 4.91. The summed E-state index contributed by atoms with van der Waals surface area (Å²) in [5, 5.41) is 21.6. The maximum atomic E-state index is 11.2. The number of nitrogens with one attached hydrogen (secondary N) is 2. The molecule has 0 heterocycles. The van der Waals surface area contributed by atoms with E-state index in [1.54, 1.807) is 0 Å². The highest BCUT2D eigenvalue weighted by Gasteiger charge is 2.22. The standard InChI is InChI=1S/C8H16N2O5S2/c11-3-1-9-5(13)7(16)15-8(17)6(14)10-2-4-12/h7-8,11-12,16-17H,1-4H2,(H,9,13)(H,10,14). The number of amides is 2. The van der Waals surface area contributed by atoms with E-state index in [1.165, 1.54) is 0 Å². The van der Waals surface area contributed by atoms with Crippen molar-refractivity contribution in [2.75, 3.05) is 26.3 Å². The smallest absolute Gasteiger partial charge is 0.259 e. The van der Waals surface area contributed by atoms with Crippen LogP contribution in [0.3, 0.4) is 0 Å². The summed E-state index contributed by atoms with van der Waals surface area (Å²) in [6.07, 6.45) is 0. The first-order valence-corrected chi connectivity index (χ1v) is 5.85. The quantitative estimate of drug-likeness (QED) is 0.223. The van der Waals surface area contributed by atoms with Gasteiger partial charge in [-0.3, -0.25) is 9.59 Å². The van der Waals surface area contributed by atoms with Crippen LogP contribution < -0.4 is 10.6 Å². The third-order valence-corrected chi connectivity index (χ3v) is 2.24. The SMILES string of the molecule is O=C(NCCO)C(S)OC(S)C(=O)NCCO. The number of thiol groups is 2. The topological polar surface area (TPSA) is 108 Å². The molecular formula is C8H16N2O5S2. The maximum Gasteiger partial charge on any atom is 0.259 e. The highest BCUT2D eigenvalue weighted by atomic mass is 32.1. The lowest BCUT2D eigenvalue weighted by molar-refractivity contribution is -0.134. The molecule has 0 radical (unpaired) electrons. The summed E-state index contributed by atoms with van der Waals surface area (Å²) in [7, 11) is 0. The van der Waals surface area contributed by atoms with E-state index in [-0.39, 0.29) is 26.3 Å². The number of ether oxygens (including phenoxy) is 1. The van der Waals surface area contributed by atoms with E-state index in [2.05, 4.69) is 35.9 Å². The second kappa shape index (κ2) is 9.54. The molecule has 0 aliphatic carbocycles. The van der Waals surface area contributed by atoms with Gasteiger partial charge in [-0.05, 0) is 0 Å². The van der Waals surface area contributed by atoms with Gasteiger partial charge in [0.15, 0.2) is 10.9 Å². The number of rotatable bonds is 8. The molecule has 7 nitrogen and oxygen atoms in total. The third-order valence-electron chi connectivity index (χ3n) is 1.53. The van der Waals surface area contributed by atoms with Gasteiger partial charge in [0.25, 0.3) is 11.8 Å². The molecule has 100 valence electrons. The Kier molecular flexibility index (Phi) is 9.27. The number of aliphatic hydroxyl groups is 2. The summed E-state index contributed by atoms with van der Waals surface area (Å²) >= 11 is 7.66. The Labute approximate surface area is 110 Å². The van der Waals surface area contributed by atoms with Crippen molar-refractivity contribution in [3.8, 4) is 0 Å². The van der Waals surface area contributed by atoms with Gasteiger partial charge in [-0.25, -0.2) is 0 Å². The van der Waals surface area contributed by atoms with E-state index >= 15 is 0 Å². The molecule has 4 N–H and O–H groups in total. The minimum atomic E-state index is -1.16. The fourth-order valence-electron chi connectivity index (χ4n) is 0.779. The summed E-state index contributed by atoms with van der Waals surface area (Å²) in [5.41, 5.74) is -2.33. The monoisotopic (exact) mass is 284 g/mol. The second-order valence-corrected chi connectivity index (χ2v) is 3.81. The number of hydrogen-bond acceptors (Lipinski definition) is 7. The van der Waals surface area contributed by atoms with Gasteiger partial charge in [-0.15, -0.1) is 25.3 Å². The van der Waals surface area contributed by atoms with E-state index in [0.717, 1.165) is 0 Å². The van der Waals surface area contributed by atoms with E-state index in [4.69, 9.17) is 14.9 Å². The van der Waals surface area contributed by atoms with Crippen LogP contribution in [-0.4, -0.2) is 59.2 Å². The van der Waals surface area contributed by atoms with Crippen LogP contribution in [0.2, 0.25) is 0 Å². The number of aliphatic hydroxyl groups excluding tert-OH is 2. The van der Waals surface area contributed by atoms with Gasteiger partial charge < -0.3 is 25.6 Å². The second-order valence-electron chi connectivity index (χ2n) is 2.87. The van der Waals surface area contributed by atoms with Crippen LogP contribution >= 0.6 is 25.3 Å². The number of carbonyl (C=O) groups excluding carboxylic acids is 2. The van der Waals surface area contributed by atoms with Crippen molar-refractivity contribution in [2.45, 2.75) is 10.9 Å². The molecule has 0 aromatic heterocycles. The molecular weight excluding hydrogens is 268 g/mol. The zero-order valence-corrected chi connectivity index (χ0v) is 10.8. The minimum Gasteiger partial charge on any atom is -0.395 e. The lowest BCUT2D eigenvalue weighted by atomic mass is 10.5. The Morgan fingerprint density at radius 1 is 1.00 bits per heavy atom. The summed E-state index contributed by atoms with van der Waals surface area (Å²) in [6, 6.07) is 0. The summed E-state index contributed by atoms with van der Waals surface area (Å²) in [5.74, 6) is -1.15. The largest absolute Gasteiger partial charge is 0.395 e. The van der Waals surface area contributed by atoms with Gasteiger partial charge in [-0.1, -0.05) is 0 Å². The molecule has 0 aromatic rings. The molecule has 0 fully saturated rings. The average Bonchev–Trinajstić information content (AvgIpc) is 2.32. The van der Waals surface area contributed by atoms with Crippen LogP contribution in [0.25, 0.3) is 0 Å². The Balaban J connectivity index is 3.96. The zero-order chi connectivity index (χ0) is 13.3. The van der Waals surface area contributed by atoms with Crippen LogP contribution in [0, 0.1) is 0 Å². The fourth-order valence-corrected chi connectivity index (χ4v) is 1.30. The zero-order valence-electron chi connectivity index (χ0n) is 9.00. The van der Waals surface area contributed by atoms with Crippen LogP contribution in [0.5, 0.6) is 0 Å². The van der Waals surface area contributed by atoms with Crippen LogP contribution in [0.4, 0.5) is 0 Å². The van der Waals surface area contributed by atoms with Crippen LogP contribution in [-0.2, 0) is 14.3 Å². The van der Waals surface area contributed by atoms with E-state index in [9.17, 15) is 9.59 Å². The molecule has 0 bridgehead atoms. The lowest BCUT2D eigenvalue weighted by Gasteiger charge is -2.16. The first-order valence-electron chi connectivity index (χ1n) is 4.81. The summed E-state index contributed by atoms with van der Waals surface area (Å²) in [4.78, 5) is 22.5. The lowest BCUT2D eigenvalue weighted by Crippen LogP contribution is -2.41. The Morgan fingerprint density at radius 2 is 1.35 bits per heavy atom. The Morgan fingerprint density at radius 3 is 1.65 bits per heavy atom. The Hall–Kier alpha value is -0.480. The third kappa shape index (κ3) is 7.45. The molecule has 0 saturated carbocycles.